The molecule has 0 amide bonds. The fourth-order valence-electron chi connectivity index (χ4n) is 2.02. The van der Waals surface area contributed by atoms with E-state index in [0.29, 0.717) is 10.0 Å². The molecule has 0 aromatic heterocycles. The van der Waals surface area contributed by atoms with Gasteiger partial charge in [-0.2, -0.15) is 0 Å². The van der Waals surface area contributed by atoms with Crippen LogP contribution in [0.15, 0.2) is 36.4 Å². The molecular formula is C15H13Cl3IN. The minimum absolute atomic E-state index is 0.156. The maximum Gasteiger partial charge on any atom is 0.0542 e. The average Bonchev–Trinajstić information content (AvgIpc) is 2.41. The first kappa shape index (κ1) is 16.4. The summed E-state index contributed by atoms with van der Waals surface area (Å²) in [6.07, 6.45) is 0.781. The first-order valence-electron chi connectivity index (χ1n) is 6.07. The Bertz CT molecular complexity index is 616. The van der Waals surface area contributed by atoms with Crippen molar-refractivity contribution in [3.8, 4) is 0 Å². The third-order valence-corrected chi connectivity index (χ3v) is 5.29. The van der Waals surface area contributed by atoms with Crippen molar-refractivity contribution in [3.05, 3.63) is 66.2 Å². The van der Waals surface area contributed by atoms with Crippen LogP contribution in [0.3, 0.4) is 0 Å². The minimum atomic E-state index is 0.156. The van der Waals surface area contributed by atoms with Crippen molar-refractivity contribution >= 4 is 57.4 Å². The molecule has 1 nitrogen and oxygen atoms in total. The predicted octanol–water partition coefficient (Wildman–Crippen LogP) is 5.75. The predicted molar refractivity (Wildman–Crippen MR) is 96.1 cm³/mol. The molecule has 0 saturated carbocycles. The van der Waals surface area contributed by atoms with Gasteiger partial charge in [0.15, 0.2) is 0 Å². The molecule has 2 aromatic carbocycles. The van der Waals surface area contributed by atoms with E-state index < -0.39 is 0 Å². The van der Waals surface area contributed by atoms with E-state index in [4.69, 9.17) is 34.8 Å². The van der Waals surface area contributed by atoms with Crippen LogP contribution in [0.5, 0.6) is 0 Å². The van der Waals surface area contributed by atoms with Crippen molar-refractivity contribution in [1.82, 2.24) is 5.32 Å². The highest BCUT2D eigenvalue weighted by atomic mass is 127. The molecule has 0 saturated heterocycles. The van der Waals surface area contributed by atoms with Gasteiger partial charge in [-0.15, -0.1) is 0 Å². The smallest absolute Gasteiger partial charge is 0.0542 e. The van der Waals surface area contributed by atoms with Crippen molar-refractivity contribution in [3.63, 3.8) is 0 Å². The summed E-state index contributed by atoms with van der Waals surface area (Å²) in [5.41, 5.74) is 2.20. The van der Waals surface area contributed by atoms with Gasteiger partial charge in [-0.3, -0.25) is 0 Å². The second kappa shape index (κ2) is 7.32. The van der Waals surface area contributed by atoms with Crippen LogP contribution in [0.4, 0.5) is 0 Å². The minimum Gasteiger partial charge on any atom is -0.313 e. The van der Waals surface area contributed by atoms with Gasteiger partial charge in [0.25, 0.3) is 0 Å². The second-order valence-electron chi connectivity index (χ2n) is 4.45. The number of halogens is 4. The maximum absolute atomic E-state index is 6.24. The van der Waals surface area contributed by atoms with Crippen molar-refractivity contribution in [2.24, 2.45) is 0 Å². The molecule has 2 rings (SSSR count). The Kier molecular flexibility index (Phi) is 5.99. The fraction of sp³-hybridized carbons (Fsp3) is 0.200. The van der Waals surface area contributed by atoms with Gasteiger partial charge in [-0.05, 0) is 71.5 Å². The molecule has 0 aliphatic rings. The maximum atomic E-state index is 6.24. The zero-order valence-corrected chi connectivity index (χ0v) is 15.2. The van der Waals surface area contributed by atoms with E-state index >= 15 is 0 Å². The largest absolute Gasteiger partial charge is 0.313 e. The summed E-state index contributed by atoms with van der Waals surface area (Å²) in [6, 6.07) is 11.8. The lowest BCUT2D eigenvalue weighted by atomic mass is 9.99. The first-order valence-corrected chi connectivity index (χ1v) is 8.28. The topological polar surface area (TPSA) is 12.0 Å². The summed E-state index contributed by atoms with van der Waals surface area (Å²) < 4.78 is 1.05. The Balaban J connectivity index is 2.26. The molecule has 0 spiro atoms. The molecular weight excluding hydrogens is 427 g/mol. The molecule has 0 fully saturated rings. The number of hydrogen-bond donors (Lipinski definition) is 1. The van der Waals surface area contributed by atoms with E-state index in [1.54, 1.807) is 6.07 Å². The molecule has 1 N–H and O–H groups in total. The van der Waals surface area contributed by atoms with Crippen LogP contribution in [0.2, 0.25) is 15.1 Å². The molecule has 0 heterocycles. The fourth-order valence-corrected chi connectivity index (χ4v) is 3.03. The summed E-state index contributed by atoms with van der Waals surface area (Å²) in [4.78, 5) is 0. The Hall–Kier alpha value is -0.0000000000000000555. The molecule has 5 heteroatoms. The van der Waals surface area contributed by atoms with Gasteiger partial charge >= 0.3 is 0 Å². The van der Waals surface area contributed by atoms with E-state index in [0.717, 1.165) is 26.1 Å². The van der Waals surface area contributed by atoms with Gasteiger partial charge < -0.3 is 5.32 Å². The molecule has 20 heavy (non-hydrogen) atoms. The quantitative estimate of drug-likeness (QED) is 0.597. The van der Waals surface area contributed by atoms with Crippen LogP contribution in [0.25, 0.3) is 0 Å². The number of rotatable bonds is 4. The lowest BCUT2D eigenvalue weighted by molar-refractivity contribution is 0.592. The summed E-state index contributed by atoms with van der Waals surface area (Å²) in [5.74, 6) is 0. The van der Waals surface area contributed by atoms with E-state index in [2.05, 4.69) is 34.0 Å². The van der Waals surface area contributed by atoms with E-state index in [-0.39, 0.29) is 6.04 Å². The van der Waals surface area contributed by atoms with Gasteiger partial charge in [-0.25, -0.2) is 0 Å². The third-order valence-electron chi connectivity index (χ3n) is 3.13. The van der Waals surface area contributed by atoms with Crippen LogP contribution < -0.4 is 5.32 Å². The van der Waals surface area contributed by atoms with Crippen molar-refractivity contribution in [1.29, 1.82) is 0 Å². The number of hydrogen-bond acceptors (Lipinski definition) is 1. The standard InChI is InChI=1S/C15H13Cl3IN/c1-20-15(10-3-5-14(19)13(18)6-10)7-9-2-4-11(16)8-12(9)17/h2-6,8,15,20H,7H2,1H3. The molecule has 1 atom stereocenters. The summed E-state index contributed by atoms with van der Waals surface area (Å²) in [6.45, 7) is 0. The van der Waals surface area contributed by atoms with Gasteiger partial charge in [0.1, 0.15) is 0 Å². The Morgan fingerprint density at radius 1 is 1.05 bits per heavy atom. The van der Waals surface area contributed by atoms with E-state index in [1.165, 1.54) is 0 Å². The lowest BCUT2D eigenvalue weighted by Gasteiger charge is -2.18. The summed E-state index contributed by atoms with van der Waals surface area (Å²) >= 11 is 20.6. The van der Waals surface area contributed by atoms with Gasteiger partial charge in [-0.1, -0.05) is 46.9 Å². The highest BCUT2D eigenvalue weighted by Gasteiger charge is 2.13. The van der Waals surface area contributed by atoms with Crippen LogP contribution in [0.1, 0.15) is 17.2 Å². The van der Waals surface area contributed by atoms with Crippen LogP contribution in [0, 0.1) is 3.57 Å². The van der Waals surface area contributed by atoms with Gasteiger partial charge in [0, 0.05) is 19.7 Å². The van der Waals surface area contributed by atoms with Crippen LogP contribution >= 0.6 is 57.4 Å². The number of nitrogens with one attached hydrogen (secondary N) is 1. The summed E-state index contributed by atoms with van der Waals surface area (Å²) in [7, 11) is 1.93. The second-order valence-corrected chi connectivity index (χ2v) is 6.87. The van der Waals surface area contributed by atoms with E-state index in [9.17, 15) is 0 Å². The lowest BCUT2D eigenvalue weighted by Crippen LogP contribution is -2.19. The molecule has 106 valence electrons. The monoisotopic (exact) mass is 439 g/mol. The highest BCUT2D eigenvalue weighted by Crippen LogP contribution is 2.28. The van der Waals surface area contributed by atoms with E-state index in [1.807, 2.05) is 31.3 Å². The molecule has 0 bridgehead atoms. The summed E-state index contributed by atoms with van der Waals surface area (Å²) in [5, 5.41) is 5.41. The molecule has 2 aromatic rings. The molecule has 0 radical (unpaired) electrons. The third kappa shape index (κ3) is 4.01. The zero-order valence-electron chi connectivity index (χ0n) is 10.8. The Morgan fingerprint density at radius 2 is 1.80 bits per heavy atom. The molecule has 0 aliphatic heterocycles. The number of benzene rings is 2. The van der Waals surface area contributed by atoms with Gasteiger partial charge in [0.05, 0.1) is 5.02 Å². The first-order chi connectivity index (χ1) is 9.51. The Morgan fingerprint density at radius 3 is 2.40 bits per heavy atom. The highest BCUT2D eigenvalue weighted by molar-refractivity contribution is 14.1. The van der Waals surface area contributed by atoms with Crippen molar-refractivity contribution in [2.75, 3.05) is 7.05 Å². The number of likely N-dealkylation sites (N-methyl/N-ethyl adjacent to an activating group) is 1. The molecule has 0 aliphatic carbocycles. The zero-order chi connectivity index (χ0) is 14.7. The van der Waals surface area contributed by atoms with Crippen LogP contribution in [-0.2, 0) is 6.42 Å². The van der Waals surface area contributed by atoms with Crippen molar-refractivity contribution in [2.45, 2.75) is 12.5 Å². The normalized spacial score (nSPS) is 12.4. The Labute approximate surface area is 147 Å². The SMILES string of the molecule is CNC(Cc1ccc(Cl)cc1Cl)c1ccc(I)c(Cl)c1. The van der Waals surface area contributed by atoms with Crippen molar-refractivity contribution < 1.29 is 0 Å². The molecule has 1 unspecified atom stereocenters. The van der Waals surface area contributed by atoms with Gasteiger partial charge in [0.2, 0.25) is 0 Å². The average molecular weight is 441 g/mol. The van der Waals surface area contributed by atoms with Crippen LogP contribution in [-0.4, -0.2) is 7.05 Å².